The molecule has 1 heterocycles. The van der Waals surface area contributed by atoms with E-state index in [0.29, 0.717) is 25.1 Å². The highest BCUT2D eigenvalue weighted by Crippen LogP contribution is 2.22. The van der Waals surface area contributed by atoms with E-state index in [0.717, 1.165) is 17.3 Å². The van der Waals surface area contributed by atoms with Crippen molar-refractivity contribution in [3.8, 4) is 0 Å². The van der Waals surface area contributed by atoms with Crippen LogP contribution in [-0.2, 0) is 9.53 Å². The zero-order valence-corrected chi connectivity index (χ0v) is 13.1. The Labute approximate surface area is 127 Å². The quantitative estimate of drug-likeness (QED) is 0.795. The second-order valence-electron chi connectivity index (χ2n) is 4.77. The predicted octanol–water partition coefficient (Wildman–Crippen LogP) is 3.01. The molecule has 1 saturated heterocycles. The van der Waals surface area contributed by atoms with Gasteiger partial charge in [0.25, 0.3) is 5.91 Å². The van der Waals surface area contributed by atoms with Gasteiger partial charge in [0, 0.05) is 16.6 Å². The Kier molecular flexibility index (Phi) is 5.17. The Bertz CT molecular complexity index is 504. The van der Waals surface area contributed by atoms with Crippen LogP contribution in [-0.4, -0.2) is 36.0 Å². The first-order chi connectivity index (χ1) is 9.63. The topological polar surface area (TPSA) is 46.6 Å². The minimum Gasteiger partial charge on any atom is -0.464 e. The minimum absolute atomic E-state index is 0.107. The van der Waals surface area contributed by atoms with E-state index in [1.165, 1.54) is 0 Å². The number of likely N-dealkylation sites (tertiary alicyclic amines) is 1. The molecule has 20 heavy (non-hydrogen) atoms. The van der Waals surface area contributed by atoms with E-state index in [4.69, 9.17) is 4.74 Å². The smallest absolute Gasteiger partial charge is 0.328 e. The van der Waals surface area contributed by atoms with Gasteiger partial charge in [0.15, 0.2) is 0 Å². The molecule has 0 saturated carbocycles. The van der Waals surface area contributed by atoms with E-state index < -0.39 is 6.04 Å². The van der Waals surface area contributed by atoms with Gasteiger partial charge in [-0.3, -0.25) is 4.79 Å². The normalized spacial score (nSPS) is 18.7. The maximum atomic E-state index is 12.6. The van der Waals surface area contributed by atoms with E-state index >= 15 is 0 Å². The molecule has 1 fully saturated rings. The van der Waals surface area contributed by atoms with Crippen LogP contribution in [0, 0.1) is 0 Å². The second-order valence-corrected chi connectivity index (χ2v) is 5.69. The summed E-state index contributed by atoms with van der Waals surface area (Å²) < 4.78 is 5.93. The molecule has 0 aromatic heterocycles. The van der Waals surface area contributed by atoms with Crippen LogP contribution < -0.4 is 0 Å². The van der Waals surface area contributed by atoms with E-state index in [1.807, 2.05) is 12.1 Å². The fraction of sp³-hybridized carbons (Fsp3) is 0.467. The largest absolute Gasteiger partial charge is 0.464 e. The third kappa shape index (κ3) is 3.39. The number of piperidine rings is 1. The van der Waals surface area contributed by atoms with E-state index in [9.17, 15) is 9.59 Å². The average molecular weight is 340 g/mol. The number of hydrogen-bond donors (Lipinski definition) is 0. The average Bonchev–Trinajstić information content (AvgIpc) is 2.47. The van der Waals surface area contributed by atoms with Crippen LogP contribution >= 0.6 is 15.9 Å². The second kappa shape index (κ2) is 6.88. The molecule has 0 aliphatic carbocycles. The molecular formula is C15H18BrNO3. The molecule has 2 rings (SSSR count). The fourth-order valence-corrected chi connectivity index (χ4v) is 2.84. The van der Waals surface area contributed by atoms with Gasteiger partial charge in [0.1, 0.15) is 6.04 Å². The molecule has 4 nitrogen and oxygen atoms in total. The van der Waals surface area contributed by atoms with E-state index in [1.54, 1.807) is 24.0 Å². The Morgan fingerprint density at radius 2 is 2.20 bits per heavy atom. The molecule has 1 aliphatic rings. The first-order valence-corrected chi connectivity index (χ1v) is 7.66. The molecule has 1 aromatic rings. The van der Waals surface area contributed by atoms with Gasteiger partial charge in [-0.15, -0.1) is 0 Å². The van der Waals surface area contributed by atoms with E-state index in [2.05, 4.69) is 15.9 Å². The summed E-state index contributed by atoms with van der Waals surface area (Å²) in [6, 6.07) is 6.79. The number of nitrogens with zero attached hydrogens (tertiary/aromatic N) is 1. The van der Waals surface area contributed by atoms with Gasteiger partial charge in [-0.2, -0.15) is 0 Å². The fourth-order valence-electron chi connectivity index (χ4n) is 2.45. The summed E-state index contributed by atoms with van der Waals surface area (Å²) in [4.78, 5) is 26.2. The van der Waals surface area contributed by atoms with Crippen LogP contribution in [0.2, 0.25) is 0 Å². The molecule has 1 aromatic carbocycles. The lowest BCUT2D eigenvalue weighted by Gasteiger charge is -2.34. The van der Waals surface area contributed by atoms with Gasteiger partial charge >= 0.3 is 5.97 Å². The standard InChI is InChI=1S/C15H18BrNO3/c1-2-20-15(19)13-8-3-4-9-17(13)14(18)11-6-5-7-12(16)10-11/h5-7,10,13H,2-4,8-9H2,1H3. The highest BCUT2D eigenvalue weighted by atomic mass is 79.9. The van der Waals surface area contributed by atoms with Crippen molar-refractivity contribution in [2.75, 3.05) is 13.2 Å². The van der Waals surface area contributed by atoms with Gasteiger partial charge in [-0.05, 0) is 44.4 Å². The lowest BCUT2D eigenvalue weighted by atomic mass is 10.0. The molecule has 1 aliphatic heterocycles. The maximum Gasteiger partial charge on any atom is 0.328 e. The highest BCUT2D eigenvalue weighted by molar-refractivity contribution is 9.10. The van der Waals surface area contributed by atoms with Gasteiger partial charge in [-0.1, -0.05) is 22.0 Å². The van der Waals surface area contributed by atoms with Gasteiger partial charge in [0.05, 0.1) is 6.61 Å². The summed E-state index contributed by atoms with van der Waals surface area (Å²) in [5.41, 5.74) is 0.593. The molecule has 0 spiro atoms. The molecule has 0 bridgehead atoms. The van der Waals surface area contributed by atoms with Gasteiger partial charge in [0.2, 0.25) is 0 Å². The summed E-state index contributed by atoms with van der Waals surface area (Å²) in [5, 5.41) is 0. The zero-order valence-electron chi connectivity index (χ0n) is 11.5. The number of ether oxygens (including phenoxy) is 1. The van der Waals surface area contributed by atoms with Gasteiger partial charge in [-0.25, -0.2) is 4.79 Å². The zero-order chi connectivity index (χ0) is 14.5. The van der Waals surface area contributed by atoms with Crippen LogP contribution in [0.15, 0.2) is 28.7 Å². The Morgan fingerprint density at radius 3 is 2.90 bits per heavy atom. The molecule has 0 N–H and O–H groups in total. The highest BCUT2D eigenvalue weighted by Gasteiger charge is 2.33. The van der Waals surface area contributed by atoms with Crippen molar-refractivity contribution in [1.29, 1.82) is 0 Å². The van der Waals surface area contributed by atoms with Crippen molar-refractivity contribution in [3.05, 3.63) is 34.3 Å². The monoisotopic (exact) mass is 339 g/mol. The number of carbonyl (C=O) groups is 2. The number of rotatable bonds is 3. The number of benzene rings is 1. The lowest BCUT2D eigenvalue weighted by molar-refractivity contribution is -0.149. The number of esters is 1. The minimum atomic E-state index is -0.449. The Balaban J connectivity index is 2.19. The Hall–Kier alpha value is -1.36. The van der Waals surface area contributed by atoms with Crippen molar-refractivity contribution in [3.63, 3.8) is 0 Å². The molecule has 0 radical (unpaired) electrons. The van der Waals surface area contributed by atoms with Crippen LogP contribution in [0.3, 0.4) is 0 Å². The number of carbonyl (C=O) groups excluding carboxylic acids is 2. The van der Waals surface area contributed by atoms with Crippen LogP contribution in [0.25, 0.3) is 0 Å². The summed E-state index contributed by atoms with van der Waals surface area (Å²) >= 11 is 3.36. The van der Waals surface area contributed by atoms with Crippen LogP contribution in [0.1, 0.15) is 36.5 Å². The van der Waals surface area contributed by atoms with Crippen LogP contribution in [0.4, 0.5) is 0 Å². The molecule has 1 atom stereocenters. The molecular weight excluding hydrogens is 322 g/mol. The number of halogens is 1. The third-order valence-corrected chi connectivity index (χ3v) is 3.89. The first kappa shape index (κ1) is 15.0. The van der Waals surface area contributed by atoms with Crippen molar-refractivity contribution >= 4 is 27.8 Å². The van der Waals surface area contributed by atoms with Crippen molar-refractivity contribution in [1.82, 2.24) is 4.90 Å². The van der Waals surface area contributed by atoms with Crippen molar-refractivity contribution < 1.29 is 14.3 Å². The van der Waals surface area contributed by atoms with Gasteiger partial charge < -0.3 is 9.64 Å². The maximum absolute atomic E-state index is 12.6. The molecule has 1 unspecified atom stereocenters. The molecule has 108 valence electrons. The predicted molar refractivity (Wildman–Crippen MR) is 79.5 cm³/mol. The lowest BCUT2D eigenvalue weighted by Crippen LogP contribution is -2.48. The van der Waals surface area contributed by atoms with Crippen molar-refractivity contribution in [2.24, 2.45) is 0 Å². The molecule has 1 amide bonds. The summed E-state index contributed by atoms with van der Waals surface area (Å²) in [5.74, 6) is -0.403. The summed E-state index contributed by atoms with van der Waals surface area (Å²) in [7, 11) is 0. The van der Waals surface area contributed by atoms with Crippen molar-refractivity contribution in [2.45, 2.75) is 32.2 Å². The third-order valence-electron chi connectivity index (χ3n) is 3.39. The summed E-state index contributed by atoms with van der Waals surface area (Å²) in [6.45, 7) is 2.73. The number of hydrogen-bond acceptors (Lipinski definition) is 3. The first-order valence-electron chi connectivity index (χ1n) is 6.86. The van der Waals surface area contributed by atoms with E-state index in [-0.39, 0.29) is 11.9 Å². The number of amides is 1. The Morgan fingerprint density at radius 1 is 1.40 bits per heavy atom. The summed E-state index contributed by atoms with van der Waals surface area (Å²) in [6.07, 6.45) is 2.56. The SMILES string of the molecule is CCOC(=O)C1CCCCN1C(=O)c1cccc(Br)c1. The van der Waals surface area contributed by atoms with Crippen LogP contribution in [0.5, 0.6) is 0 Å². The molecule has 5 heteroatoms.